The van der Waals surface area contributed by atoms with Crippen molar-refractivity contribution in [2.24, 2.45) is 0 Å². The number of amides is 1. The maximum atomic E-state index is 13.4. The van der Waals surface area contributed by atoms with E-state index in [1.807, 2.05) is 40.1 Å². The van der Waals surface area contributed by atoms with Crippen molar-refractivity contribution in [1.82, 2.24) is 19.4 Å². The number of nitrogens with zero attached hydrogens (tertiary/aromatic N) is 4. The first-order valence-electron chi connectivity index (χ1n) is 10.4. The van der Waals surface area contributed by atoms with Gasteiger partial charge in [-0.1, -0.05) is 19.3 Å². The maximum absolute atomic E-state index is 13.4. The lowest BCUT2D eigenvalue weighted by atomic mass is 9.94. The van der Waals surface area contributed by atoms with Gasteiger partial charge in [0, 0.05) is 56.2 Å². The van der Waals surface area contributed by atoms with Crippen LogP contribution in [0.15, 0.2) is 42.9 Å². The molecule has 3 aromatic rings. The minimum Gasteiger partial charge on any atom is -0.335 e. The van der Waals surface area contributed by atoms with Gasteiger partial charge in [0.25, 0.3) is 5.91 Å². The molecule has 0 unspecified atom stereocenters. The summed E-state index contributed by atoms with van der Waals surface area (Å²) in [5, 5.41) is 1.05. The molecule has 146 valence electrons. The highest BCUT2D eigenvalue weighted by Gasteiger charge is 2.30. The van der Waals surface area contributed by atoms with Crippen LogP contribution in [0, 0.1) is 0 Å². The van der Waals surface area contributed by atoms with Gasteiger partial charge in [-0.3, -0.25) is 9.69 Å². The zero-order chi connectivity index (χ0) is 18.9. The molecule has 1 saturated carbocycles. The standard InChI is InChI=1S/C22H26N4OS/c27-22(26-15-13-24(14-16-26)17-7-2-1-3-8-17)20-19(25-11-4-5-12-25)18-9-6-10-23-21(18)28-20/h4-6,9-12,17H,1-3,7-8,13-16H2. The number of pyridine rings is 1. The van der Waals surface area contributed by atoms with E-state index in [2.05, 4.69) is 16.0 Å². The number of aromatic nitrogens is 2. The van der Waals surface area contributed by atoms with E-state index in [1.165, 1.54) is 43.4 Å². The second-order valence-electron chi connectivity index (χ2n) is 7.85. The number of hydrogen-bond acceptors (Lipinski definition) is 4. The molecule has 0 bridgehead atoms. The van der Waals surface area contributed by atoms with Crippen molar-refractivity contribution in [1.29, 1.82) is 0 Å². The Labute approximate surface area is 169 Å². The predicted octanol–water partition coefficient (Wildman–Crippen LogP) is 4.18. The van der Waals surface area contributed by atoms with Crippen LogP contribution in [0.25, 0.3) is 15.9 Å². The average Bonchev–Trinajstić information content (AvgIpc) is 3.41. The van der Waals surface area contributed by atoms with Gasteiger partial charge in [-0.05, 0) is 37.1 Å². The Morgan fingerprint density at radius 1 is 1.00 bits per heavy atom. The SMILES string of the molecule is O=C(c1sc2ncccc2c1-n1cccc1)N1CCN(C2CCCCC2)CC1. The van der Waals surface area contributed by atoms with E-state index in [4.69, 9.17) is 0 Å². The summed E-state index contributed by atoms with van der Waals surface area (Å²) in [6.07, 6.45) is 12.6. The van der Waals surface area contributed by atoms with E-state index < -0.39 is 0 Å². The van der Waals surface area contributed by atoms with Crippen LogP contribution in [-0.4, -0.2) is 57.5 Å². The van der Waals surface area contributed by atoms with Crippen molar-refractivity contribution >= 4 is 27.5 Å². The highest BCUT2D eigenvalue weighted by molar-refractivity contribution is 7.21. The van der Waals surface area contributed by atoms with Crippen LogP contribution in [0.5, 0.6) is 0 Å². The monoisotopic (exact) mass is 394 g/mol. The zero-order valence-corrected chi connectivity index (χ0v) is 16.9. The summed E-state index contributed by atoms with van der Waals surface area (Å²) in [4.78, 5) is 24.3. The van der Waals surface area contributed by atoms with Gasteiger partial charge in [0.2, 0.25) is 0 Å². The highest BCUT2D eigenvalue weighted by atomic mass is 32.1. The molecule has 5 rings (SSSR count). The first kappa shape index (κ1) is 17.9. The highest BCUT2D eigenvalue weighted by Crippen LogP contribution is 2.34. The largest absolute Gasteiger partial charge is 0.335 e. The smallest absolute Gasteiger partial charge is 0.266 e. The Hall–Kier alpha value is -2.18. The van der Waals surface area contributed by atoms with E-state index in [9.17, 15) is 4.79 Å². The summed E-state index contributed by atoms with van der Waals surface area (Å²) < 4.78 is 2.05. The second kappa shape index (κ2) is 7.68. The molecule has 0 radical (unpaired) electrons. The number of carbonyl (C=O) groups excluding carboxylic acids is 1. The van der Waals surface area contributed by atoms with Crippen molar-refractivity contribution in [3.8, 4) is 5.69 Å². The average molecular weight is 395 g/mol. The first-order chi connectivity index (χ1) is 13.8. The summed E-state index contributed by atoms with van der Waals surface area (Å²) in [6.45, 7) is 3.64. The molecule has 5 nitrogen and oxygen atoms in total. The molecule has 1 amide bonds. The van der Waals surface area contributed by atoms with Gasteiger partial charge in [0.15, 0.2) is 0 Å². The Bertz CT molecular complexity index is 950. The van der Waals surface area contributed by atoms with E-state index in [0.717, 1.165) is 53.0 Å². The lowest BCUT2D eigenvalue weighted by molar-refractivity contribution is 0.0527. The number of thiophene rings is 1. The van der Waals surface area contributed by atoms with Gasteiger partial charge in [0.1, 0.15) is 9.71 Å². The fourth-order valence-corrected chi connectivity index (χ4v) is 5.79. The normalized spacial score (nSPS) is 19.4. The Kier molecular flexibility index (Phi) is 4.91. The summed E-state index contributed by atoms with van der Waals surface area (Å²) in [7, 11) is 0. The maximum Gasteiger partial charge on any atom is 0.266 e. The number of hydrogen-bond donors (Lipinski definition) is 0. The third-order valence-electron chi connectivity index (χ3n) is 6.19. The van der Waals surface area contributed by atoms with Crippen LogP contribution < -0.4 is 0 Å². The minimum atomic E-state index is 0.148. The van der Waals surface area contributed by atoms with E-state index in [0.29, 0.717) is 0 Å². The zero-order valence-electron chi connectivity index (χ0n) is 16.1. The van der Waals surface area contributed by atoms with Gasteiger partial charge >= 0.3 is 0 Å². The molecule has 1 saturated heterocycles. The topological polar surface area (TPSA) is 41.4 Å². The summed E-state index contributed by atoms with van der Waals surface area (Å²) in [6, 6.07) is 8.73. The fraction of sp³-hybridized carbons (Fsp3) is 0.455. The third kappa shape index (κ3) is 3.25. The molecular weight excluding hydrogens is 368 g/mol. The Morgan fingerprint density at radius 2 is 1.75 bits per heavy atom. The molecule has 2 aliphatic rings. The van der Waals surface area contributed by atoms with Gasteiger partial charge in [-0.2, -0.15) is 0 Å². The fourth-order valence-electron chi connectivity index (χ4n) is 4.68. The second-order valence-corrected chi connectivity index (χ2v) is 8.85. The number of piperazine rings is 1. The molecular formula is C22H26N4OS. The lowest BCUT2D eigenvalue weighted by Gasteiger charge is -2.40. The van der Waals surface area contributed by atoms with Crippen molar-refractivity contribution < 1.29 is 4.79 Å². The number of rotatable bonds is 3. The molecule has 28 heavy (non-hydrogen) atoms. The Morgan fingerprint density at radius 3 is 2.50 bits per heavy atom. The van der Waals surface area contributed by atoms with Gasteiger partial charge < -0.3 is 9.47 Å². The molecule has 1 aliphatic carbocycles. The van der Waals surface area contributed by atoms with Crippen LogP contribution in [-0.2, 0) is 0 Å². The van der Waals surface area contributed by atoms with Crippen LogP contribution in [0.2, 0.25) is 0 Å². The lowest BCUT2D eigenvalue weighted by Crippen LogP contribution is -2.52. The number of fused-ring (bicyclic) bond motifs is 1. The van der Waals surface area contributed by atoms with Crippen LogP contribution in [0.4, 0.5) is 0 Å². The van der Waals surface area contributed by atoms with Gasteiger partial charge in [-0.25, -0.2) is 4.98 Å². The van der Waals surface area contributed by atoms with E-state index in [-0.39, 0.29) is 5.91 Å². The molecule has 3 aromatic heterocycles. The molecule has 0 spiro atoms. The molecule has 0 atom stereocenters. The molecule has 4 heterocycles. The van der Waals surface area contributed by atoms with Crippen molar-refractivity contribution in [3.63, 3.8) is 0 Å². The molecule has 0 aromatic carbocycles. The van der Waals surface area contributed by atoms with Crippen molar-refractivity contribution in [3.05, 3.63) is 47.7 Å². The van der Waals surface area contributed by atoms with Crippen molar-refractivity contribution in [2.45, 2.75) is 38.1 Å². The summed E-state index contributed by atoms with van der Waals surface area (Å²) in [5.74, 6) is 0.148. The van der Waals surface area contributed by atoms with Crippen LogP contribution in [0.1, 0.15) is 41.8 Å². The first-order valence-corrected chi connectivity index (χ1v) is 11.2. The van der Waals surface area contributed by atoms with Crippen LogP contribution in [0.3, 0.4) is 0 Å². The van der Waals surface area contributed by atoms with Crippen LogP contribution >= 0.6 is 11.3 Å². The molecule has 1 aliphatic heterocycles. The van der Waals surface area contributed by atoms with Crippen molar-refractivity contribution in [2.75, 3.05) is 26.2 Å². The quantitative estimate of drug-likeness (QED) is 0.669. The summed E-state index contributed by atoms with van der Waals surface area (Å²) >= 11 is 1.52. The number of carbonyl (C=O) groups is 1. The van der Waals surface area contributed by atoms with E-state index in [1.54, 1.807) is 6.20 Å². The Balaban J connectivity index is 1.39. The minimum absolute atomic E-state index is 0.148. The third-order valence-corrected chi connectivity index (χ3v) is 7.28. The molecule has 0 N–H and O–H groups in total. The molecule has 2 fully saturated rings. The van der Waals surface area contributed by atoms with E-state index >= 15 is 0 Å². The predicted molar refractivity (Wildman–Crippen MR) is 113 cm³/mol. The summed E-state index contributed by atoms with van der Waals surface area (Å²) in [5.41, 5.74) is 0.970. The molecule has 6 heteroatoms. The van der Waals surface area contributed by atoms with Gasteiger partial charge in [0.05, 0.1) is 5.69 Å². The van der Waals surface area contributed by atoms with Gasteiger partial charge in [-0.15, -0.1) is 11.3 Å².